The van der Waals surface area contributed by atoms with Gasteiger partial charge in [0.05, 0.1) is 4.90 Å². The van der Waals surface area contributed by atoms with E-state index in [4.69, 9.17) is 0 Å². The molecule has 0 bridgehead atoms. The van der Waals surface area contributed by atoms with E-state index in [-0.39, 0.29) is 16.8 Å². The van der Waals surface area contributed by atoms with Crippen LogP contribution in [0.15, 0.2) is 29.2 Å². The molecule has 6 heteroatoms. The van der Waals surface area contributed by atoms with Gasteiger partial charge in [0.15, 0.2) is 0 Å². The average molecular weight is 310 g/mol. The number of nitrogens with zero attached hydrogens (tertiary/aromatic N) is 2. The lowest BCUT2D eigenvalue weighted by Gasteiger charge is -2.25. The molecule has 1 unspecified atom stereocenters. The number of sulfonamides is 1. The maximum absolute atomic E-state index is 12.5. The van der Waals surface area contributed by atoms with Crippen LogP contribution < -0.4 is 0 Å². The summed E-state index contributed by atoms with van der Waals surface area (Å²) in [5, 5.41) is 0. The fraction of sp³-hybridized carbons (Fsp3) is 0.533. The smallest absolute Gasteiger partial charge is 0.253 e. The van der Waals surface area contributed by atoms with E-state index in [0.717, 1.165) is 17.1 Å². The van der Waals surface area contributed by atoms with Crippen LogP contribution in [0.25, 0.3) is 0 Å². The maximum atomic E-state index is 12.5. The first-order chi connectivity index (χ1) is 9.75. The molecule has 0 spiro atoms. The predicted octanol–water partition coefficient (Wildman–Crippen LogP) is 1.81. The molecule has 1 fully saturated rings. The third-order valence-electron chi connectivity index (χ3n) is 4.10. The SMILES string of the molecule is CC(C1CC1)N(C)C(=O)c1cccc(S(=O)(=O)N(C)C)c1. The van der Waals surface area contributed by atoms with Crippen molar-refractivity contribution < 1.29 is 13.2 Å². The van der Waals surface area contributed by atoms with Crippen molar-refractivity contribution >= 4 is 15.9 Å². The van der Waals surface area contributed by atoms with Gasteiger partial charge in [-0.25, -0.2) is 12.7 Å². The summed E-state index contributed by atoms with van der Waals surface area (Å²) >= 11 is 0. The van der Waals surface area contributed by atoms with Crippen molar-refractivity contribution in [1.82, 2.24) is 9.21 Å². The zero-order chi connectivity index (χ0) is 15.8. The fourth-order valence-corrected chi connectivity index (χ4v) is 3.23. The van der Waals surface area contributed by atoms with Gasteiger partial charge in [-0.15, -0.1) is 0 Å². The number of hydrogen-bond donors (Lipinski definition) is 0. The molecule has 116 valence electrons. The molecular weight excluding hydrogens is 288 g/mol. The minimum atomic E-state index is -3.52. The molecule has 1 aliphatic carbocycles. The van der Waals surface area contributed by atoms with Gasteiger partial charge in [0.1, 0.15) is 0 Å². The Morgan fingerprint density at radius 2 is 1.86 bits per heavy atom. The Balaban J connectivity index is 2.26. The second-order valence-electron chi connectivity index (χ2n) is 5.81. The van der Waals surface area contributed by atoms with Crippen LogP contribution in [0.1, 0.15) is 30.1 Å². The van der Waals surface area contributed by atoms with Gasteiger partial charge in [0.25, 0.3) is 5.91 Å². The van der Waals surface area contributed by atoms with Crippen molar-refractivity contribution in [1.29, 1.82) is 0 Å². The number of rotatable bonds is 5. The molecule has 0 saturated heterocycles. The molecule has 21 heavy (non-hydrogen) atoms. The van der Waals surface area contributed by atoms with Crippen LogP contribution in [0.2, 0.25) is 0 Å². The molecule has 1 saturated carbocycles. The van der Waals surface area contributed by atoms with Crippen molar-refractivity contribution in [3.8, 4) is 0 Å². The number of hydrogen-bond acceptors (Lipinski definition) is 3. The van der Waals surface area contributed by atoms with E-state index < -0.39 is 10.0 Å². The molecular formula is C15H22N2O3S. The van der Waals surface area contributed by atoms with Crippen molar-refractivity contribution in [2.75, 3.05) is 21.1 Å². The molecule has 1 aliphatic rings. The van der Waals surface area contributed by atoms with E-state index in [0.29, 0.717) is 11.5 Å². The van der Waals surface area contributed by atoms with Gasteiger partial charge in [-0.3, -0.25) is 4.79 Å². The minimum Gasteiger partial charge on any atom is -0.339 e. The minimum absolute atomic E-state index is 0.134. The van der Waals surface area contributed by atoms with Crippen LogP contribution in [0.5, 0.6) is 0 Å². The third-order valence-corrected chi connectivity index (χ3v) is 5.91. The second-order valence-corrected chi connectivity index (χ2v) is 7.96. The monoisotopic (exact) mass is 310 g/mol. The van der Waals surface area contributed by atoms with Crippen LogP contribution in [-0.2, 0) is 10.0 Å². The molecule has 5 nitrogen and oxygen atoms in total. The number of carbonyl (C=O) groups excluding carboxylic acids is 1. The Morgan fingerprint density at radius 1 is 1.24 bits per heavy atom. The van der Waals surface area contributed by atoms with Gasteiger partial charge in [-0.05, 0) is 43.9 Å². The van der Waals surface area contributed by atoms with Crippen molar-refractivity contribution in [3.63, 3.8) is 0 Å². The lowest BCUT2D eigenvalue weighted by molar-refractivity contribution is 0.0727. The summed E-state index contributed by atoms with van der Waals surface area (Å²) < 4.78 is 25.4. The molecule has 1 aromatic rings. The molecule has 1 amide bonds. The second kappa shape index (κ2) is 5.77. The highest BCUT2D eigenvalue weighted by molar-refractivity contribution is 7.89. The summed E-state index contributed by atoms with van der Waals surface area (Å²) in [6.45, 7) is 2.04. The van der Waals surface area contributed by atoms with Gasteiger partial charge >= 0.3 is 0 Å². The first-order valence-corrected chi connectivity index (χ1v) is 8.49. The van der Waals surface area contributed by atoms with Gasteiger partial charge in [0.2, 0.25) is 10.0 Å². The molecule has 2 rings (SSSR count). The van der Waals surface area contributed by atoms with E-state index in [2.05, 4.69) is 0 Å². The van der Waals surface area contributed by atoms with Gasteiger partial charge in [-0.2, -0.15) is 0 Å². The van der Waals surface area contributed by atoms with Crippen LogP contribution in [0.4, 0.5) is 0 Å². The summed E-state index contributed by atoms with van der Waals surface area (Å²) in [5.41, 5.74) is 0.410. The highest BCUT2D eigenvalue weighted by atomic mass is 32.2. The highest BCUT2D eigenvalue weighted by Crippen LogP contribution is 2.35. The fourth-order valence-electron chi connectivity index (χ4n) is 2.28. The van der Waals surface area contributed by atoms with Crippen molar-refractivity contribution in [2.45, 2.75) is 30.7 Å². The standard InChI is InChI=1S/C15H22N2O3S/c1-11(12-8-9-12)17(4)15(18)13-6-5-7-14(10-13)21(19,20)16(2)3/h5-7,10-12H,8-9H2,1-4H3. The van der Waals surface area contributed by atoms with E-state index in [9.17, 15) is 13.2 Å². The Labute approximate surface area is 126 Å². The summed E-state index contributed by atoms with van der Waals surface area (Å²) in [6, 6.07) is 6.42. The quantitative estimate of drug-likeness (QED) is 0.833. The van der Waals surface area contributed by atoms with Crippen molar-refractivity contribution in [2.24, 2.45) is 5.92 Å². The summed E-state index contributed by atoms with van der Waals surface area (Å²) in [5.74, 6) is 0.442. The lowest BCUT2D eigenvalue weighted by Crippen LogP contribution is -2.36. The average Bonchev–Trinajstić information content (AvgIpc) is 3.29. The first kappa shape index (κ1) is 16.0. The Bertz CT molecular complexity index is 636. The Morgan fingerprint density at radius 3 is 2.38 bits per heavy atom. The van der Waals surface area contributed by atoms with E-state index in [1.165, 1.54) is 26.2 Å². The first-order valence-electron chi connectivity index (χ1n) is 7.05. The normalized spacial score (nSPS) is 16.8. The number of amides is 1. The third kappa shape index (κ3) is 3.27. The molecule has 0 N–H and O–H groups in total. The lowest BCUT2D eigenvalue weighted by atomic mass is 10.1. The van der Waals surface area contributed by atoms with Gasteiger partial charge in [-0.1, -0.05) is 6.07 Å². The molecule has 0 aliphatic heterocycles. The van der Waals surface area contributed by atoms with E-state index >= 15 is 0 Å². The van der Waals surface area contributed by atoms with Crippen LogP contribution in [-0.4, -0.2) is 50.7 Å². The Kier molecular flexibility index (Phi) is 4.39. The van der Waals surface area contributed by atoms with Crippen LogP contribution in [0, 0.1) is 5.92 Å². The summed E-state index contributed by atoms with van der Waals surface area (Å²) in [7, 11) is 1.21. The predicted molar refractivity (Wildman–Crippen MR) is 81.6 cm³/mol. The highest BCUT2D eigenvalue weighted by Gasteiger charge is 2.33. The number of carbonyl (C=O) groups is 1. The topological polar surface area (TPSA) is 57.7 Å². The summed E-state index contributed by atoms with van der Waals surface area (Å²) in [6.07, 6.45) is 2.32. The van der Waals surface area contributed by atoms with Crippen molar-refractivity contribution in [3.05, 3.63) is 29.8 Å². The Hall–Kier alpha value is -1.40. The molecule has 0 aromatic heterocycles. The zero-order valence-electron chi connectivity index (χ0n) is 12.9. The maximum Gasteiger partial charge on any atom is 0.253 e. The molecule has 1 aromatic carbocycles. The van der Waals surface area contributed by atoms with E-state index in [1.54, 1.807) is 24.1 Å². The molecule has 0 heterocycles. The van der Waals surface area contributed by atoms with Crippen LogP contribution >= 0.6 is 0 Å². The van der Waals surface area contributed by atoms with E-state index in [1.807, 2.05) is 6.92 Å². The van der Waals surface area contributed by atoms with Gasteiger partial charge in [0, 0.05) is 32.7 Å². The zero-order valence-corrected chi connectivity index (χ0v) is 13.7. The molecule has 0 radical (unpaired) electrons. The summed E-state index contributed by atoms with van der Waals surface area (Å²) in [4.78, 5) is 14.3. The largest absolute Gasteiger partial charge is 0.339 e. The van der Waals surface area contributed by atoms with Gasteiger partial charge < -0.3 is 4.90 Å². The number of benzene rings is 1. The van der Waals surface area contributed by atoms with Crippen LogP contribution in [0.3, 0.4) is 0 Å². The molecule has 1 atom stereocenters.